The number of nitrogens with one attached hydrogen (secondary N) is 1. The predicted molar refractivity (Wildman–Crippen MR) is 96.9 cm³/mol. The Bertz CT molecular complexity index is 593. The van der Waals surface area contributed by atoms with Gasteiger partial charge in [-0.3, -0.25) is 9.69 Å². The van der Waals surface area contributed by atoms with Gasteiger partial charge in [0.05, 0.1) is 18.8 Å². The minimum absolute atomic E-state index is 0.102. The molecule has 2 aliphatic rings. The Balaban J connectivity index is 1.58. The van der Waals surface area contributed by atoms with Gasteiger partial charge in [-0.15, -0.1) is 0 Å². The number of amides is 1. The van der Waals surface area contributed by atoms with Crippen LogP contribution in [0.25, 0.3) is 0 Å². The van der Waals surface area contributed by atoms with E-state index in [1.54, 1.807) is 0 Å². The minimum atomic E-state index is 0.102. The first kappa shape index (κ1) is 18.1. The summed E-state index contributed by atoms with van der Waals surface area (Å²) in [7, 11) is 0. The highest BCUT2D eigenvalue weighted by atomic mass is 16.5. The molecule has 3 heterocycles. The van der Waals surface area contributed by atoms with Crippen molar-refractivity contribution in [1.29, 1.82) is 0 Å². The molecule has 1 amide bonds. The number of hydrogen-bond donors (Lipinski definition) is 1. The second-order valence-corrected chi connectivity index (χ2v) is 7.24. The molecule has 3 rings (SSSR count). The number of hydrogen-bond acceptors (Lipinski definition) is 6. The predicted octanol–water partition coefficient (Wildman–Crippen LogP) is 0.936. The zero-order valence-electron chi connectivity index (χ0n) is 15.5. The van der Waals surface area contributed by atoms with Crippen molar-refractivity contribution in [1.82, 2.24) is 20.2 Å². The van der Waals surface area contributed by atoms with Gasteiger partial charge in [-0.25, -0.2) is 9.97 Å². The quantitative estimate of drug-likeness (QED) is 0.855. The number of anilines is 1. The Morgan fingerprint density at radius 3 is 2.72 bits per heavy atom. The smallest absolute Gasteiger partial charge is 0.234 e. The average Bonchev–Trinajstić information content (AvgIpc) is 3.08. The van der Waals surface area contributed by atoms with E-state index in [1.807, 2.05) is 20.8 Å². The summed E-state index contributed by atoms with van der Waals surface area (Å²) in [5, 5.41) is 2.95. The summed E-state index contributed by atoms with van der Waals surface area (Å²) in [6, 6.07) is 2.31. The molecule has 2 aliphatic heterocycles. The van der Waals surface area contributed by atoms with Crippen LogP contribution >= 0.6 is 0 Å². The second-order valence-electron chi connectivity index (χ2n) is 7.24. The highest BCUT2D eigenvalue weighted by Gasteiger charge is 2.24. The van der Waals surface area contributed by atoms with Gasteiger partial charge in [-0.05, 0) is 27.2 Å². The summed E-state index contributed by atoms with van der Waals surface area (Å²) < 4.78 is 5.50. The van der Waals surface area contributed by atoms with E-state index in [1.165, 1.54) is 0 Å². The van der Waals surface area contributed by atoms with E-state index in [4.69, 9.17) is 4.74 Å². The summed E-state index contributed by atoms with van der Waals surface area (Å²) in [5.41, 5.74) is 1.10. The van der Waals surface area contributed by atoms with Crippen molar-refractivity contribution < 1.29 is 9.53 Å². The molecule has 0 spiro atoms. The minimum Gasteiger partial charge on any atom is -0.381 e. The van der Waals surface area contributed by atoms with Crippen LogP contribution in [0, 0.1) is 6.92 Å². The van der Waals surface area contributed by atoms with Crippen LogP contribution in [0.15, 0.2) is 6.07 Å². The van der Waals surface area contributed by atoms with E-state index in [2.05, 4.69) is 31.2 Å². The van der Waals surface area contributed by atoms with Gasteiger partial charge >= 0.3 is 0 Å². The van der Waals surface area contributed by atoms with E-state index in [9.17, 15) is 4.79 Å². The number of carbonyl (C=O) groups excluding carboxylic acids is 1. The number of aromatic nitrogens is 2. The molecule has 0 aliphatic carbocycles. The van der Waals surface area contributed by atoms with Crippen molar-refractivity contribution in [2.45, 2.75) is 39.2 Å². The fourth-order valence-electron chi connectivity index (χ4n) is 3.42. The van der Waals surface area contributed by atoms with Gasteiger partial charge in [0.2, 0.25) is 5.91 Å². The lowest BCUT2D eigenvalue weighted by molar-refractivity contribution is -0.122. The summed E-state index contributed by atoms with van der Waals surface area (Å²) in [5.74, 6) is 2.31. The molecule has 25 heavy (non-hydrogen) atoms. The molecule has 7 heteroatoms. The molecule has 2 saturated heterocycles. The zero-order valence-corrected chi connectivity index (χ0v) is 15.5. The topological polar surface area (TPSA) is 70.6 Å². The summed E-state index contributed by atoms with van der Waals surface area (Å²) >= 11 is 0. The van der Waals surface area contributed by atoms with E-state index >= 15 is 0 Å². The Morgan fingerprint density at radius 2 is 2.08 bits per heavy atom. The van der Waals surface area contributed by atoms with Crippen LogP contribution in [0.3, 0.4) is 0 Å². The first-order chi connectivity index (χ1) is 12.0. The van der Waals surface area contributed by atoms with Crippen LogP contribution in [0.4, 0.5) is 5.82 Å². The van der Waals surface area contributed by atoms with Crippen LogP contribution in [0.5, 0.6) is 0 Å². The van der Waals surface area contributed by atoms with Crippen molar-refractivity contribution in [3.8, 4) is 0 Å². The molecule has 0 saturated carbocycles. The Kier molecular flexibility index (Phi) is 5.86. The van der Waals surface area contributed by atoms with Crippen molar-refractivity contribution in [2.24, 2.45) is 0 Å². The fourth-order valence-corrected chi connectivity index (χ4v) is 3.42. The van der Waals surface area contributed by atoms with Crippen LogP contribution in [-0.2, 0) is 9.53 Å². The summed E-state index contributed by atoms with van der Waals surface area (Å²) in [6.45, 7) is 11.5. The second kappa shape index (κ2) is 8.10. The van der Waals surface area contributed by atoms with Gasteiger partial charge in [0.1, 0.15) is 11.6 Å². The molecular formula is C18H29N5O2. The SMILES string of the molecule is Cc1nc(C2CCOC2)cc(N2CCN(CC(=O)NC(C)C)CC2)n1. The molecule has 7 nitrogen and oxygen atoms in total. The Hall–Kier alpha value is -1.73. The maximum absolute atomic E-state index is 11.9. The zero-order chi connectivity index (χ0) is 17.8. The van der Waals surface area contributed by atoms with Gasteiger partial charge in [-0.2, -0.15) is 0 Å². The molecule has 138 valence electrons. The van der Waals surface area contributed by atoms with E-state index in [-0.39, 0.29) is 11.9 Å². The van der Waals surface area contributed by atoms with E-state index in [0.717, 1.165) is 63.1 Å². The molecule has 1 N–H and O–H groups in total. The third-order valence-corrected chi connectivity index (χ3v) is 4.71. The Labute approximate surface area is 149 Å². The van der Waals surface area contributed by atoms with Crippen molar-refractivity contribution >= 4 is 11.7 Å². The highest BCUT2D eigenvalue weighted by Crippen LogP contribution is 2.26. The van der Waals surface area contributed by atoms with E-state index in [0.29, 0.717) is 12.5 Å². The third-order valence-electron chi connectivity index (χ3n) is 4.71. The van der Waals surface area contributed by atoms with Crippen LogP contribution in [0.1, 0.15) is 37.7 Å². The number of aryl methyl sites for hydroxylation is 1. The molecule has 2 fully saturated rings. The van der Waals surface area contributed by atoms with Crippen LogP contribution < -0.4 is 10.2 Å². The first-order valence-electron chi connectivity index (χ1n) is 9.21. The van der Waals surface area contributed by atoms with Crippen LogP contribution in [0.2, 0.25) is 0 Å². The lowest BCUT2D eigenvalue weighted by Gasteiger charge is -2.35. The third kappa shape index (κ3) is 4.89. The lowest BCUT2D eigenvalue weighted by Crippen LogP contribution is -2.50. The number of nitrogens with zero attached hydrogens (tertiary/aromatic N) is 4. The van der Waals surface area contributed by atoms with Crippen molar-refractivity contribution in [3.05, 3.63) is 17.6 Å². The van der Waals surface area contributed by atoms with Gasteiger partial charge < -0.3 is 15.0 Å². The largest absolute Gasteiger partial charge is 0.381 e. The Morgan fingerprint density at radius 1 is 1.32 bits per heavy atom. The number of ether oxygens (including phenoxy) is 1. The molecule has 0 radical (unpaired) electrons. The molecule has 1 unspecified atom stereocenters. The van der Waals surface area contributed by atoms with E-state index < -0.39 is 0 Å². The average molecular weight is 347 g/mol. The molecule has 0 bridgehead atoms. The van der Waals surface area contributed by atoms with Gasteiger partial charge in [0, 0.05) is 50.8 Å². The van der Waals surface area contributed by atoms with Crippen LogP contribution in [-0.4, -0.2) is 72.8 Å². The fraction of sp³-hybridized carbons (Fsp3) is 0.722. The molecule has 1 aromatic rings. The lowest BCUT2D eigenvalue weighted by atomic mass is 10.0. The van der Waals surface area contributed by atoms with Gasteiger partial charge in [0.25, 0.3) is 0 Å². The van der Waals surface area contributed by atoms with Gasteiger partial charge in [0.15, 0.2) is 0 Å². The molecule has 1 atom stereocenters. The van der Waals surface area contributed by atoms with Gasteiger partial charge in [-0.1, -0.05) is 0 Å². The highest BCUT2D eigenvalue weighted by molar-refractivity contribution is 5.78. The van der Waals surface area contributed by atoms with Crippen molar-refractivity contribution in [2.75, 3.05) is 50.8 Å². The molecular weight excluding hydrogens is 318 g/mol. The maximum Gasteiger partial charge on any atom is 0.234 e. The normalized spacial score (nSPS) is 21.8. The molecule has 0 aromatic carbocycles. The standard InChI is InChI=1S/C18H29N5O2/c1-13(2)19-18(24)11-22-5-7-23(8-6-22)17-10-16(20-14(3)21-17)15-4-9-25-12-15/h10,13,15H,4-9,11-12H2,1-3H3,(H,19,24). The number of carbonyl (C=O) groups is 1. The van der Waals surface area contributed by atoms with Crippen molar-refractivity contribution in [3.63, 3.8) is 0 Å². The maximum atomic E-state index is 11.9. The number of rotatable bonds is 5. The summed E-state index contributed by atoms with van der Waals surface area (Å²) in [4.78, 5) is 25.7. The monoisotopic (exact) mass is 347 g/mol. The first-order valence-corrected chi connectivity index (χ1v) is 9.21. The molecule has 1 aromatic heterocycles. The number of piperazine rings is 1. The summed E-state index contributed by atoms with van der Waals surface area (Å²) in [6.07, 6.45) is 1.04.